The SMILES string of the molecule is COc1ccc(Cn2c(C#N)c(-c3cn(C(C(=O)OC(C)(C)C)[C@H]4CCCN4)c4ccccc34)n(-c3cn(C)c4ccccc34)c2=O)c(OC)c1. The van der Waals surface area contributed by atoms with Gasteiger partial charge in [-0.2, -0.15) is 5.26 Å². The number of para-hydroxylation sites is 2. The molecule has 0 radical (unpaired) electrons. The van der Waals surface area contributed by atoms with Gasteiger partial charge in [0.15, 0.2) is 0 Å². The molecule has 1 unspecified atom stereocenters. The zero-order valence-corrected chi connectivity index (χ0v) is 29.8. The van der Waals surface area contributed by atoms with Gasteiger partial charge in [-0.05, 0) is 64.4 Å². The first-order valence-corrected chi connectivity index (χ1v) is 17.1. The highest BCUT2D eigenvalue weighted by Gasteiger charge is 2.37. The number of nitriles is 1. The molecule has 262 valence electrons. The van der Waals surface area contributed by atoms with Crippen molar-refractivity contribution in [1.82, 2.24) is 23.6 Å². The summed E-state index contributed by atoms with van der Waals surface area (Å²) in [6, 6.07) is 22.6. The fourth-order valence-electron chi connectivity index (χ4n) is 7.37. The Bertz CT molecular complexity index is 2370. The Morgan fingerprint density at radius 3 is 2.39 bits per heavy atom. The molecule has 51 heavy (non-hydrogen) atoms. The zero-order chi connectivity index (χ0) is 36.0. The van der Waals surface area contributed by atoms with Crippen LogP contribution in [0.15, 0.2) is 83.9 Å². The largest absolute Gasteiger partial charge is 0.497 e. The van der Waals surface area contributed by atoms with Gasteiger partial charge in [0, 0.05) is 64.5 Å². The normalized spacial score (nSPS) is 15.3. The summed E-state index contributed by atoms with van der Waals surface area (Å²) in [6.45, 7) is 6.47. The summed E-state index contributed by atoms with van der Waals surface area (Å²) in [6.07, 6.45) is 5.57. The highest BCUT2D eigenvalue weighted by atomic mass is 16.6. The molecule has 11 nitrogen and oxygen atoms in total. The molecule has 0 saturated carbocycles. The van der Waals surface area contributed by atoms with Crippen molar-refractivity contribution >= 4 is 27.8 Å². The van der Waals surface area contributed by atoms with Crippen molar-refractivity contribution < 1.29 is 19.0 Å². The number of nitrogens with zero attached hydrogens (tertiary/aromatic N) is 5. The van der Waals surface area contributed by atoms with E-state index in [0.29, 0.717) is 34.0 Å². The molecule has 1 fully saturated rings. The number of benzene rings is 3. The van der Waals surface area contributed by atoms with Gasteiger partial charge in [-0.1, -0.05) is 36.4 Å². The zero-order valence-electron chi connectivity index (χ0n) is 29.8. The number of aromatic nitrogens is 4. The minimum atomic E-state index is -0.692. The number of carbonyl (C=O) groups is 1. The monoisotopic (exact) mass is 686 g/mol. The van der Waals surface area contributed by atoms with Crippen molar-refractivity contribution in [2.24, 2.45) is 7.05 Å². The van der Waals surface area contributed by atoms with E-state index in [0.717, 1.165) is 41.2 Å². The summed E-state index contributed by atoms with van der Waals surface area (Å²) in [5.41, 5.74) is 3.28. The molecule has 11 heteroatoms. The van der Waals surface area contributed by atoms with Gasteiger partial charge in [-0.15, -0.1) is 0 Å². The molecule has 3 aromatic heterocycles. The average Bonchev–Trinajstić information content (AvgIpc) is 3.90. The second-order valence-electron chi connectivity index (χ2n) is 14.0. The Labute approximate surface area is 296 Å². The van der Waals surface area contributed by atoms with Crippen molar-refractivity contribution in [3.8, 4) is 34.5 Å². The first kappa shape index (κ1) is 33.8. The summed E-state index contributed by atoms with van der Waals surface area (Å²) in [5.74, 6) is 0.803. The standard InChI is InChI=1S/C40H42N6O5/c1-40(2,3)51-38(47)37(30-14-11-19-42-30)44-23-29(27-12-7-10-16-32(27)44)36-33(21-41)45(22-25-17-18-26(49-5)20-35(25)50-6)39(48)46(36)34-24-43(4)31-15-9-8-13-28(31)34/h7-10,12-13,15-18,20,23-24,30,37,42H,11,14,19,22H2,1-6H3/t30-,37?/m1/s1. The number of rotatable bonds is 9. The number of hydrogen-bond donors (Lipinski definition) is 1. The topological polar surface area (TPSA) is 117 Å². The van der Waals surface area contributed by atoms with Crippen molar-refractivity contribution in [2.75, 3.05) is 20.8 Å². The van der Waals surface area contributed by atoms with Gasteiger partial charge in [0.25, 0.3) is 0 Å². The van der Waals surface area contributed by atoms with Crippen molar-refractivity contribution in [3.63, 3.8) is 0 Å². The number of fused-ring (bicyclic) bond motifs is 2. The van der Waals surface area contributed by atoms with E-state index >= 15 is 0 Å². The molecule has 1 saturated heterocycles. The molecule has 2 atom stereocenters. The number of aryl methyl sites for hydroxylation is 1. The van der Waals surface area contributed by atoms with Crippen LogP contribution >= 0.6 is 0 Å². The lowest BCUT2D eigenvalue weighted by atomic mass is 10.1. The molecule has 0 spiro atoms. The molecular weight excluding hydrogens is 644 g/mol. The van der Waals surface area contributed by atoms with E-state index in [-0.39, 0.29) is 29.9 Å². The van der Waals surface area contributed by atoms with E-state index < -0.39 is 11.6 Å². The molecule has 0 aliphatic carbocycles. The van der Waals surface area contributed by atoms with Crippen LogP contribution in [0.25, 0.3) is 38.8 Å². The van der Waals surface area contributed by atoms with Crippen LogP contribution in [-0.4, -0.2) is 56.6 Å². The van der Waals surface area contributed by atoms with Crippen LogP contribution in [0.5, 0.6) is 11.5 Å². The predicted octanol–water partition coefficient (Wildman–Crippen LogP) is 6.32. The highest BCUT2D eigenvalue weighted by Crippen LogP contribution is 2.39. The van der Waals surface area contributed by atoms with Crippen LogP contribution in [0.1, 0.15) is 50.9 Å². The molecule has 0 bridgehead atoms. The van der Waals surface area contributed by atoms with Gasteiger partial charge in [0.05, 0.1) is 32.1 Å². The second kappa shape index (κ2) is 13.2. The fourth-order valence-corrected chi connectivity index (χ4v) is 7.37. The Morgan fingerprint density at radius 1 is 1.00 bits per heavy atom. The first-order chi connectivity index (χ1) is 24.5. The Balaban J connectivity index is 1.53. The van der Waals surface area contributed by atoms with Crippen LogP contribution in [0, 0.1) is 11.3 Å². The number of nitrogens with one attached hydrogen (secondary N) is 1. The van der Waals surface area contributed by atoms with E-state index in [1.54, 1.807) is 30.9 Å². The molecule has 6 aromatic rings. The van der Waals surface area contributed by atoms with Gasteiger partial charge in [0.2, 0.25) is 0 Å². The van der Waals surface area contributed by atoms with Gasteiger partial charge >= 0.3 is 11.7 Å². The van der Waals surface area contributed by atoms with Gasteiger partial charge in [-0.25, -0.2) is 9.59 Å². The molecule has 4 heterocycles. The molecule has 3 aromatic carbocycles. The van der Waals surface area contributed by atoms with Gasteiger partial charge < -0.3 is 28.7 Å². The molecule has 1 N–H and O–H groups in total. The minimum absolute atomic E-state index is 0.0742. The summed E-state index contributed by atoms with van der Waals surface area (Å²) >= 11 is 0. The molecule has 1 aliphatic heterocycles. The third kappa shape index (κ3) is 5.95. The molecule has 7 rings (SSSR count). The fraction of sp³-hybridized carbons (Fsp3) is 0.325. The molecular formula is C40H42N6O5. The Hall–Kier alpha value is -5.73. The molecule has 0 amide bonds. The van der Waals surface area contributed by atoms with Crippen LogP contribution in [0.4, 0.5) is 0 Å². The van der Waals surface area contributed by atoms with Gasteiger partial charge in [0.1, 0.15) is 34.9 Å². The number of esters is 1. The summed E-state index contributed by atoms with van der Waals surface area (Å²) in [5, 5.41) is 16.1. The van der Waals surface area contributed by atoms with E-state index in [4.69, 9.17) is 14.2 Å². The lowest BCUT2D eigenvalue weighted by molar-refractivity contribution is -0.159. The van der Waals surface area contributed by atoms with E-state index in [2.05, 4.69) is 11.4 Å². The summed E-state index contributed by atoms with van der Waals surface area (Å²) in [7, 11) is 5.08. The summed E-state index contributed by atoms with van der Waals surface area (Å²) < 4.78 is 24.2. The van der Waals surface area contributed by atoms with Crippen molar-refractivity contribution in [1.29, 1.82) is 5.26 Å². The lowest BCUT2D eigenvalue weighted by Gasteiger charge is -2.29. The maximum Gasteiger partial charge on any atom is 0.334 e. The van der Waals surface area contributed by atoms with Crippen molar-refractivity contribution in [3.05, 3.63) is 101 Å². The van der Waals surface area contributed by atoms with Gasteiger partial charge in [-0.3, -0.25) is 9.13 Å². The number of carbonyl (C=O) groups excluding carboxylic acids is 1. The quantitative estimate of drug-likeness (QED) is 0.177. The maximum absolute atomic E-state index is 14.9. The number of hydrogen-bond acceptors (Lipinski definition) is 7. The van der Waals surface area contributed by atoms with Crippen LogP contribution in [0.2, 0.25) is 0 Å². The smallest absolute Gasteiger partial charge is 0.334 e. The summed E-state index contributed by atoms with van der Waals surface area (Å²) in [4.78, 5) is 28.9. The first-order valence-electron chi connectivity index (χ1n) is 17.1. The van der Waals surface area contributed by atoms with E-state index in [9.17, 15) is 14.9 Å². The molecule has 1 aliphatic rings. The lowest BCUT2D eigenvalue weighted by Crippen LogP contribution is -2.40. The van der Waals surface area contributed by atoms with E-state index in [1.165, 1.54) is 4.57 Å². The van der Waals surface area contributed by atoms with Crippen LogP contribution in [-0.2, 0) is 23.1 Å². The van der Waals surface area contributed by atoms with Crippen LogP contribution in [0.3, 0.4) is 0 Å². The highest BCUT2D eigenvalue weighted by molar-refractivity contribution is 5.99. The van der Waals surface area contributed by atoms with Crippen molar-refractivity contribution in [2.45, 2.75) is 57.8 Å². The Morgan fingerprint density at radius 2 is 1.73 bits per heavy atom. The third-order valence-corrected chi connectivity index (χ3v) is 9.61. The minimum Gasteiger partial charge on any atom is -0.497 e. The second-order valence-corrected chi connectivity index (χ2v) is 14.0. The Kier molecular flexibility index (Phi) is 8.73. The number of ether oxygens (including phenoxy) is 3. The number of methoxy groups -OCH3 is 2. The predicted molar refractivity (Wildman–Crippen MR) is 197 cm³/mol. The average molecular weight is 687 g/mol. The third-order valence-electron chi connectivity index (χ3n) is 9.61. The van der Waals surface area contributed by atoms with E-state index in [1.807, 2.05) is 104 Å². The van der Waals surface area contributed by atoms with Crippen LogP contribution < -0.4 is 20.5 Å². The maximum atomic E-state index is 14.9. The number of imidazole rings is 1.